The van der Waals surface area contributed by atoms with Crippen LogP contribution >= 0.6 is 0 Å². The van der Waals surface area contributed by atoms with Gasteiger partial charge in [0.25, 0.3) is 5.91 Å². The van der Waals surface area contributed by atoms with Gasteiger partial charge in [0.2, 0.25) is 0 Å². The number of carbonyl (C=O) groups is 2. The largest absolute Gasteiger partial charge is 0.448 e. The maximum atomic E-state index is 12.5. The van der Waals surface area contributed by atoms with E-state index >= 15 is 0 Å². The SMILES string of the molecule is Cc1nn(-c2ccccc2)nc1C(=O)O[C@H](C)C(=O)Nc1c(C)nn(C)c1C. The molecule has 0 unspecified atom stereocenters. The predicted octanol–water partition coefficient (Wildman–Crippen LogP) is 2.11. The van der Waals surface area contributed by atoms with Gasteiger partial charge >= 0.3 is 5.97 Å². The second-order valence-electron chi connectivity index (χ2n) is 6.47. The number of carbonyl (C=O) groups excluding carboxylic acids is 2. The first-order valence-electron chi connectivity index (χ1n) is 8.79. The van der Waals surface area contributed by atoms with E-state index in [4.69, 9.17) is 4.74 Å². The topological polar surface area (TPSA) is 104 Å². The van der Waals surface area contributed by atoms with Crippen molar-refractivity contribution in [1.82, 2.24) is 24.8 Å². The molecule has 146 valence electrons. The molecule has 3 rings (SSSR count). The van der Waals surface area contributed by atoms with Crippen LogP contribution in [0.25, 0.3) is 5.69 Å². The molecule has 1 amide bonds. The summed E-state index contributed by atoms with van der Waals surface area (Å²) in [6.07, 6.45) is -1.01. The Bertz CT molecular complexity index is 1020. The highest BCUT2D eigenvalue weighted by molar-refractivity contribution is 5.97. The van der Waals surface area contributed by atoms with E-state index in [1.165, 1.54) is 11.7 Å². The minimum Gasteiger partial charge on any atom is -0.448 e. The summed E-state index contributed by atoms with van der Waals surface area (Å²) in [5.41, 5.74) is 3.32. The van der Waals surface area contributed by atoms with E-state index in [1.807, 2.05) is 37.3 Å². The van der Waals surface area contributed by atoms with Gasteiger partial charge in [0.1, 0.15) is 0 Å². The molecule has 9 nitrogen and oxygen atoms in total. The van der Waals surface area contributed by atoms with E-state index in [2.05, 4.69) is 20.6 Å². The van der Waals surface area contributed by atoms with Gasteiger partial charge in [-0.1, -0.05) is 18.2 Å². The molecular weight excluding hydrogens is 360 g/mol. The minimum atomic E-state index is -1.01. The number of hydrogen-bond acceptors (Lipinski definition) is 6. The number of aromatic nitrogens is 5. The fourth-order valence-electron chi connectivity index (χ4n) is 2.69. The third-order valence-electron chi connectivity index (χ3n) is 4.37. The van der Waals surface area contributed by atoms with Gasteiger partial charge < -0.3 is 10.1 Å². The van der Waals surface area contributed by atoms with Gasteiger partial charge in [-0.25, -0.2) is 4.79 Å². The summed E-state index contributed by atoms with van der Waals surface area (Å²) in [6.45, 7) is 6.81. The first-order valence-corrected chi connectivity index (χ1v) is 8.79. The molecule has 1 aromatic carbocycles. The first kappa shape index (κ1) is 19.3. The molecule has 0 fully saturated rings. The smallest absolute Gasteiger partial charge is 0.361 e. The Balaban J connectivity index is 1.70. The number of amides is 1. The molecule has 0 bridgehead atoms. The zero-order valence-corrected chi connectivity index (χ0v) is 16.4. The van der Waals surface area contributed by atoms with Crippen molar-refractivity contribution in [1.29, 1.82) is 0 Å². The van der Waals surface area contributed by atoms with Gasteiger partial charge in [-0.2, -0.15) is 15.0 Å². The van der Waals surface area contributed by atoms with Crippen LogP contribution in [0.3, 0.4) is 0 Å². The lowest BCUT2D eigenvalue weighted by Crippen LogP contribution is -2.30. The van der Waals surface area contributed by atoms with Crippen molar-refractivity contribution in [2.24, 2.45) is 7.05 Å². The van der Waals surface area contributed by atoms with Crippen LogP contribution in [0.15, 0.2) is 30.3 Å². The molecule has 2 heterocycles. The number of benzene rings is 1. The second-order valence-corrected chi connectivity index (χ2v) is 6.47. The molecule has 0 aliphatic rings. The molecule has 3 aromatic rings. The predicted molar refractivity (Wildman–Crippen MR) is 102 cm³/mol. The lowest BCUT2D eigenvalue weighted by atomic mass is 10.3. The van der Waals surface area contributed by atoms with E-state index in [9.17, 15) is 9.59 Å². The fraction of sp³-hybridized carbons (Fsp3) is 0.316. The number of anilines is 1. The van der Waals surface area contributed by atoms with E-state index in [0.717, 1.165) is 11.4 Å². The number of ether oxygens (including phenoxy) is 1. The highest BCUT2D eigenvalue weighted by Gasteiger charge is 2.25. The Labute approximate surface area is 162 Å². The Kier molecular flexibility index (Phi) is 5.25. The zero-order chi connectivity index (χ0) is 20.4. The standard InChI is InChI=1S/C19H22N6O3/c1-11-16(13(3)24(5)21-11)20-18(26)14(4)28-19(27)17-12(2)22-25(23-17)15-9-7-6-8-10-15/h6-10,14H,1-5H3,(H,20,26)/t14-/m1/s1. The monoisotopic (exact) mass is 382 g/mol. The number of aryl methyl sites for hydroxylation is 3. The van der Waals surface area contributed by atoms with Crippen molar-refractivity contribution in [2.75, 3.05) is 5.32 Å². The minimum absolute atomic E-state index is 0.0669. The van der Waals surface area contributed by atoms with Gasteiger partial charge in [-0.3, -0.25) is 9.48 Å². The first-order chi connectivity index (χ1) is 13.3. The van der Waals surface area contributed by atoms with Crippen molar-refractivity contribution in [3.8, 4) is 5.69 Å². The van der Waals surface area contributed by atoms with Gasteiger partial charge in [0.05, 0.1) is 28.5 Å². The zero-order valence-electron chi connectivity index (χ0n) is 16.4. The van der Waals surface area contributed by atoms with Crippen molar-refractivity contribution in [3.63, 3.8) is 0 Å². The molecule has 0 saturated heterocycles. The number of para-hydroxylation sites is 1. The summed E-state index contributed by atoms with van der Waals surface area (Å²) in [4.78, 5) is 26.3. The maximum Gasteiger partial charge on any atom is 0.361 e. The summed E-state index contributed by atoms with van der Waals surface area (Å²) in [6, 6.07) is 9.22. The molecule has 0 aliphatic heterocycles. The Morgan fingerprint density at radius 1 is 1.04 bits per heavy atom. The van der Waals surface area contributed by atoms with Gasteiger partial charge in [0, 0.05) is 7.05 Å². The Hall–Kier alpha value is -3.49. The van der Waals surface area contributed by atoms with Crippen LogP contribution in [0, 0.1) is 20.8 Å². The van der Waals surface area contributed by atoms with Gasteiger partial charge in [0.15, 0.2) is 11.8 Å². The molecule has 0 saturated carbocycles. The third-order valence-corrected chi connectivity index (χ3v) is 4.37. The highest BCUT2D eigenvalue weighted by Crippen LogP contribution is 2.19. The molecule has 0 spiro atoms. The van der Waals surface area contributed by atoms with E-state index in [0.29, 0.717) is 17.1 Å². The average Bonchev–Trinajstić information content (AvgIpc) is 3.17. The molecule has 2 aromatic heterocycles. The number of esters is 1. The van der Waals surface area contributed by atoms with Gasteiger partial charge in [-0.15, -0.1) is 5.10 Å². The van der Waals surface area contributed by atoms with E-state index < -0.39 is 18.0 Å². The summed E-state index contributed by atoms with van der Waals surface area (Å²) in [5.74, 6) is -1.15. The molecule has 9 heteroatoms. The van der Waals surface area contributed by atoms with Crippen molar-refractivity contribution in [2.45, 2.75) is 33.8 Å². The lowest BCUT2D eigenvalue weighted by Gasteiger charge is -2.13. The highest BCUT2D eigenvalue weighted by atomic mass is 16.5. The van der Waals surface area contributed by atoms with Crippen molar-refractivity contribution in [3.05, 3.63) is 53.1 Å². The van der Waals surface area contributed by atoms with Crippen LogP contribution in [-0.2, 0) is 16.6 Å². The van der Waals surface area contributed by atoms with Crippen molar-refractivity contribution >= 4 is 17.6 Å². The molecular formula is C19H22N6O3. The summed E-state index contributed by atoms with van der Waals surface area (Å²) >= 11 is 0. The van der Waals surface area contributed by atoms with Crippen LogP contribution in [0.5, 0.6) is 0 Å². The van der Waals surface area contributed by atoms with Crippen LogP contribution in [0.1, 0.15) is 34.5 Å². The molecule has 0 radical (unpaired) electrons. The number of nitrogens with one attached hydrogen (secondary N) is 1. The summed E-state index contributed by atoms with van der Waals surface area (Å²) in [5, 5.41) is 15.4. The lowest BCUT2D eigenvalue weighted by molar-refractivity contribution is -0.123. The maximum absolute atomic E-state index is 12.5. The Morgan fingerprint density at radius 2 is 1.71 bits per heavy atom. The average molecular weight is 382 g/mol. The quantitative estimate of drug-likeness (QED) is 0.678. The molecule has 0 aliphatic carbocycles. The molecule has 1 atom stereocenters. The third kappa shape index (κ3) is 3.78. The summed E-state index contributed by atoms with van der Waals surface area (Å²) < 4.78 is 6.97. The fourth-order valence-corrected chi connectivity index (χ4v) is 2.69. The van der Waals surface area contributed by atoms with Gasteiger partial charge in [-0.05, 0) is 39.8 Å². The number of rotatable bonds is 5. The second kappa shape index (κ2) is 7.63. The van der Waals surface area contributed by atoms with Crippen LogP contribution in [0.4, 0.5) is 5.69 Å². The summed E-state index contributed by atoms with van der Waals surface area (Å²) in [7, 11) is 1.79. The van der Waals surface area contributed by atoms with Crippen LogP contribution < -0.4 is 5.32 Å². The van der Waals surface area contributed by atoms with Crippen LogP contribution in [0.2, 0.25) is 0 Å². The Morgan fingerprint density at radius 3 is 2.32 bits per heavy atom. The van der Waals surface area contributed by atoms with E-state index in [1.54, 1.807) is 25.6 Å². The number of nitrogens with zero attached hydrogens (tertiary/aromatic N) is 5. The molecule has 1 N–H and O–H groups in total. The normalized spacial score (nSPS) is 11.9. The molecule has 28 heavy (non-hydrogen) atoms. The van der Waals surface area contributed by atoms with Crippen molar-refractivity contribution < 1.29 is 14.3 Å². The van der Waals surface area contributed by atoms with E-state index in [-0.39, 0.29) is 5.69 Å². The van der Waals surface area contributed by atoms with Crippen LogP contribution in [-0.4, -0.2) is 42.8 Å². The number of hydrogen-bond donors (Lipinski definition) is 1.